The lowest BCUT2D eigenvalue weighted by atomic mass is 10.1. The van der Waals surface area contributed by atoms with Crippen LogP contribution in [0.15, 0.2) is 29.6 Å². The van der Waals surface area contributed by atoms with Crippen LogP contribution >= 0.6 is 23.7 Å². The van der Waals surface area contributed by atoms with E-state index < -0.39 is 0 Å². The Morgan fingerprint density at radius 2 is 2.17 bits per heavy atom. The summed E-state index contributed by atoms with van der Waals surface area (Å²) in [5, 5.41) is 3.01. The minimum absolute atomic E-state index is 0. The molecular formula is C13H15ClN2OS. The molecule has 1 aromatic carbocycles. The molecule has 0 saturated carbocycles. The van der Waals surface area contributed by atoms with Crippen LogP contribution in [0.4, 0.5) is 0 Å². The highest BCUT2D eigenvalue weighted by molar-refractivity contribution is 7.17. The molecule has 1 atom stereocenters. The number of nitrogens with two attached hydrogens (primary N) is 1. The quantitative estimate of drug-likeness (QED) is 0.873. The largest absolute Gasteiger partial charge is 0.337 e. The van der Waals surface area contributed by atoms with Gasteiger partial charge in [-0.2, -0.15) is 0 Å². The number of halogens is 1. The van der Waals surface area contributed by atoms with E-state index in [1.165, 1.54) is 4.70 Å². The minimum atomic E-state index is 0. The van der Waals surface area contributed by atoms with Crippen molar-refractivity contribution in [2.45, 2.75) is 12.5 Å². The molecule has 5 heteroatoms. The van der Waals surface area contributed by atoms with Crippen LogP contribution in [0.5, 0.6) is 0 Å². The van der Waals surface area contributed by atoms with Gasteiger partial charge in [-0.25, -0.2) is 0 Å². The number of hydrogen-bond donors (Lipinski definition) is 1. The number of hydrogen-bond acceptors (Lipinski definition) is 3. The van der Waals surface area contributed by atoms with Gasteiger partial charge in [0.1, 0.15) is 0 Å². The zero-order valence-electron chi connectivity index (χ0n) is 9.83. The van der Waals surface area contributed by atoms with E-state index >= 15 is 0 Å². The van der Waals surface area contributed by atoms with Crippen molar-refractivity contribution in [3.63, 3.8) is 0 Å². The Bertz CT molecular complexity index is 569. The number of thiophene rings is 1. The van der Waals surface area contributed by atoms with E-state index in [0.29, 0.717) is 6.54 Å². The molecule has 3 nitrogen and oxygen atoms in total. The highest BCUT2D eigenvalue weighted by Gasteiger charge is 2.25. The van der Waals surface area contributed by atoms with Gasteiger partial charge in [-0.1, -0.05) is 18.2 Å². The zero-order chi connectivity index (χ0) is 11.8. The Hall–Kier alpha value is -1.10. The maximum Gasteiger partial charge on any atom is 0.255 e. The number of carbonyl (C=O) groups is 1. The monoisotopic (exact) mass is 282 g/mol. The van der Waals surface area contributed by atoms with Gasteiger partial charge in [0.15, 0.2) is 0 Å². The molecule has 0 bridgehead atoms. The third kappa shape index (κ3) is 2.23. The molecule has 0 radical (unpaired) electrons. The number of rotatable bonds is 1. The van der Waals surface area contributed by atoms with Crippen molar-refractivity contribution in [3.8, 4) is 0 Å². The first-order valence-electron chi connectivity index (χ1n) is 5.77. The molecule has 2 aromatic rings. The van der Waals surface area contributed by atoms with Gasteiger partial charge in [0.25, 0.3) is 5.91 Å². The molecule has 3 rings (SSSR count). The lowest BCUT2D eigenvalue weighted by Crippen LogP contribution is -2.31. The number of carbonyl (C=O) groups excluding carboxylic acids is 1. The summed E-state index contributed by atoms with van der Waals surface area (Å²) in [6, 6.07) is 8.17. The highest BCUT2D eigenvalue weighted by atomic mass is 35.5. The average molecular weight is 283 g/mol. The smallest absolute Gasteiger partial charge is 0.255 e. The van der Waals surface area contributed by atoms with Crippen LogP contribution in [0, 0.1) is 0 Å². The van der Waals surface area contributed by atoms with Crippen LogP contribution in [0.2, 0.25) is 0 Å². The third-order valence-corrected chi connectivity index (χ3v) is 4.19. The number of amides is 1. The van der Waals surface area contributed by atoms with Crippen LogP contribution in [-0.4, -0.2) is 29.9 Å². The predicted molar refractivity (Wildman–Crippen MR) is 77.6 cm³/mol. The van der Waals surface area contributed by atoms with Crippen LogP contribution in [0.1, 0.15) is 16.8 Å². The van der Waals surface area contributed by atoms with Crippen molar-refractivity contribution in [1.82, 2.24) is 4.90 Å². The van der Waals surface area contributed by atoms with Crippen molar-refractivity contribution in [2.24, 2.45) is 5.73 Å². The lowest BCUT2D eigenvalue weighted by Gasteiger charge is -2.15. The Kier molecular flexibility index (Phi) is 3.90. The van der Waals surface area contributed by atoms with Gasteiger partial charge in [0, 0.05) is 34.6 Å². The maximum absolute atomic E-state index is 12.3. The number of nitrogens with zero attached hydrogens (tertiary/aromatic N) is 1. The summed E-state index contributed by atoms with van der Waals surface area (Å²) in [6.45, 7) is 1.47. The minimum Gasteiger partial charge on any atom is -0.337 e. The maximum atomic E-state index is 12.3. The molecule has 1 saturated heterocycles. The van der Waals surface area contributed by atoms with E-state index in [1.54, 1.807) is 11.3 Å². The van der Waals surface area contributed by atoms with E-state index in [1.807, 2.05) is 34.5 Å². The molecule has 0 spiro atoms. The fourth-order valence-corrected chi connectivity index (χ4v) is 3.22. The van der Waals surface area contributed by atoms with Gasteiger partial charge in [-0.05, 0) is 12.5 Å². The fraction of sp³-hybridized carbons (Fsp3) is 0.308. The molecule has 1 aromatic heterocycles. The van der Waals surface area contributed by atoms with Crippen molar-refractivity contribution < 1.29 is 4.79 Å². The second kappa shape index (κ2) is 5.26. The van der Waals surface area contributed by atoms with Gasteiger partial charge in [0.2, 0.25) is 0 Å². The van der Waals surface area contributed by atoms with Gasteiger partial charge in [0.05, 0.1) is 5.56 Å². The van der Waals surface area contributed by atoms with Gasteiger partial charge in [-0.3, -0.25) is 4.79 Å². The van der Waals surface area contributed by atoms with Crippen LogP contribution in [-0.2, 0) is 0 Å². The summed E-state index contributed by atoms with van der Waals surface area (Å²) in [5.41, 5.74) is 6.66. The SMILES string of the molecule is Cl.NC1CCN(C(=O)c2csc3ccccc23)C1. The normalized spacial score (nSPS) is 18.9. The van der Waals surface area contributed by atoms with Crippen molar-refractivity contribution in [3.05, 3.63) is 35.2 Å². The molecule has 96 valence electrons. The fourth-order valence-electron chi connectivity index (χ4n) is 2.29. The summed E-state index contributed by atoms with van der Waals surface area (Å²) in [6.07, 6.45) is 0.911. The molecule has 1 aliphatic rings. The molecule has 1 aliphatic heterocycles. The van der Waals surface area contributed by atoms with E-state index in [2.05, 4.69) is 0 Å². The Balaban J connectivity index is 0.00000120. The van der Waals surface area contributed by atoms with Crippen molar-refractivity contribution >= 4 is 39.7 Å². The molecular weight excluding hydrogens is 268 g/mol. The standard InChI is InChI=1S/C13H14N2OS.ClH/c14-9-5-6-15(7-9)13(16)11-8-17-12-4-2-1-3-10(11)12;/h1-4,8-9H,5-7,14H2;1H. The lowest BCUT2D eigenvalue weighted by molar-refractivity contribution is 0.0793. The van der Waals surface area contributed by atoms with Crippen LogP contribution in [0.25, 0.3) is 10.1 Å². The second-order valence-corrected chi connectivity index (χ2v) is 5.36. The topological polar surface area (TPSA) is 46.3 Å². The van der Waals surface area contributed by atoms with E-state index in [9.17, 15) is 4.79 Å². The first-order valence-corrected chi connectivity index (χ1v) is 6.65. The van der Waals surface area contributed by atoms with Crippen LogP contribution in [0.3, 0.4) is 0 Å². The Morgan fingerprint density at radius 3 is 2.89 bits per heavy atom. The predicted octanol–water partition coefficient (Wildman–Crippen LogP) is 2.50. The molecule has 18 heavy (non-hydrogen) atoms. The summed E-state index contributed by atoms with van der Waals surface area (Å²) in [4.78, 5) is 14.2. The van der Waals surface area contributed by atoms with Crippen LogP contribution < -0.4 is 5.73 Å². The molecule has 1 unspecified atom stereocenters. The summed E-state index contributed by atoms with van der Waals surface area (Å²) in [5.74, 6) is 0.121. The second-order valence-electron chi connectivity index (χ2n) is 4.45. The van der Waals surface area contributed by atoms with E-state index in [4.69, 9.17) is 5.73 Å². The Labute approximate surface area is 116 Å². The Morgan fingerprint density at radius 1 is 1.39 bits per heavy atom. The summed E-state index contributed by atoms with van der Waals surface area (Å²) >= 11 is 1.62. The van der Waals surface area contributed by atoms with Gasteiger partial charge in [-0.15, -0.1) is 23.7 Å². The first kappa shape index (κ1) is 13.3. The van der Waals surface area contributed by atoms with Gasteiger partial charge < -0.3 is 10.6 Å². The van der Waals surface area contributed by atoms with Crippen molar-refractivity contribution in [1.29, 1.82) is 0 Å². The molecule has 0 aliphatic carbocycles. The third-order valence-electron chi connectivity index (χ3n) is 3.22. The zero-order valence-corrected chi connectivity index (χ0v) is 11.5. The highest BCUT2D eigenvalue weighted by Crippen LogP contribution is 2.27. The number of likely N-dealkylation sites (tertiary alicyclic amines) is 1. The summed E-state index contributed by atoms with van der Waals surface area (Å²) < 4.78 is 1.17. The molecule has 2 N–H and O–H groups in total. The molecule has 2 heterocycles. The molecule has 1 amide bonds. The van der Waals surface area contributed by atoms with E-state index in [0.717, 1.165) is 23.9 Å². The first-order chi connectivity index (χ1) is 8.25. The van der Waals surface area contributed by atoms with Crippen molar-refractivity contribution in [2.75, 3.05) is 13.1 Å². The molecule has 1 fully saturated rings. The average Bonchev–Trinajstić information content (AvgIpc) is 2.94. The van der Waals surface area contributed by atoms with Gasteiger partial charge >= 0.3 is 0 Å². The number of fused-ring (bicyclic) bond motifs is 1. The number of benzene rings is 1. The summed E-state index contributed by atoms with van der Waals surface area (Å²) in [7, 11) is 0. The van der Waals surface area contributed by atoms with E-state index in [-0.39, 0.29) is 24.4 Å².